The normalized spacial score (nSPS) is 10.8. The SMILES string of the molecule is CCCCCOc1ccc(/C=N\NC(=O)COc2ccc(Cl)cc2Cl)cc1OC. The Hall–Kier alpha value is -2.44. The molecule has 0 spiro atoms. The van der Waals surface area contributed by atoms with Crippen LogP contribution in [0.3, 0.4) is 0 Å². The second-order valence-electron chi connectivity index (χ2n) is 6.12. The fraction of sp³-hybridized carbons (Fsp3) is 0.333. The minimum absolute atomic E-state index is 0.230. The van der Waals surface area contributed by atoms with Crippen LogP contribution in [0.2, 0.25) is 10.0 Å². The van der Waals surface area contributed by atoms with Gasteiger partial charge >= 0.3 is 0 Å². The Kier molecular flexibility index (Phi) is 9.60. The van der Waals surface area contributed by atoms with Crippen molar-refractivity contribution in [2.45, 2.75) is 26.2 Å². The fourth-order valence-electron chi connectivity index (χ4n) is 2.36. The molecular formula is C21H24Cl2N2O4. The van der Waals surface area contributed by atoms with Gasteiger partial charge in [-0.3, -0.25) is 4.79 Å². The van der Waals surface area contributed by atoms with Crippen molar-refractivity contribution in [2.75, 3.05) is 20.3 Å². The maximum absolute atomic E-state index is 11.9. The maximum Gasteiger partial charge on any atom is 0.277 e. The van der Waals surface area contributed by atoms with Gasteiger partial charge in [0.2, 0.25) is 0 Å². The van der Waals surface area contributed by atoms with E-state index >= 15 is 0 Å². The van der Waals surface area contributed by atoms with E-state index in [1.165, 1.54) is 6.21 Å². The summed E-state index contributed by atoms with van der Waals surface area (Å²) in [5.41, 5.74) is 3.15. The van der Waals surface area contributed by atoms with Gasteiger partial charge in [-0.05, 0) is 48.4 Å². The molecule has 0 heterocycles. The van der Waals surface area contributed by atoms with E-state index in [1.807, 2.05) is 12.1 Å². The zero-order valence-corrected chi connectivity index (χ0v) is 17.9. The third-order valence-electron chi connectivity index (χ3n) is 3.85. The topological polar surface area (TPSA) is 69.2 Å². The standard InChI is InChI=1S/C21H24Cl2N2O4/c1-3-4-5-10-28-19-8-6-15(11-20(19)27-2)13-24-25-21(26)14-29-18-9-7-16(22)12-17(18)23/h6-9,11-13H,3-5,10,14H2,1-2H3,(H,25,26)/b24-13-. The van der Waals surface area contributed by atoms with E-state index in [1.54, 1.807) is 31.4 Å². The molecule has 0 unspecified atom stereocenters. The van der Waals surface area contributed by atoms with Gasteiger partial charge in [-0.2, -0.15) is 5.10 Å². The molecule has 0 radical (unpaired) electrons. The number of ether oxygens (including phenoxy) is 3. The number of carbonyl (C=O) groups excluding carboxylic acids is 1. The number of methoxy groups -OCH3 is 1. The molecule has 0 bridgehead atoms. The number of benzene rings is 2. The van der Waals surface area contributed by atoms with Crippen LogP contribution in [-0.4, -0.2) is 32.4 Å². The molecule has 2 aromatic carbocycles. The number of hydrazone groups is 1. The molecule has 2 rings (SSSR count). The monoisotopic (exact) mass is 438 g/mol. The van der Waals surface area contributed by atoms with Crippen LogP contribution in [0.4, 0.5) is 0 Å². The number of nitrogens with zero attached hydrogens (tertiary/aromatic N) is 1. The second-order valence-corrected chi connectivity index (χ2v) is 6.97. The van der Waals surface area contributed by atoms with Crippen molar-refractivity contribution in [1.82, 2.24) is 5.43 Å². The van der Waals surface area contributed by atoms with Crippen LogP contribution in [-0.2, 0) is 4.79 Å². The number of hydrogen-bond acceptors (Lipinski definition) is 5. The molecule has 0 aliphatic heterocycles. The third kappa shape index (κ3) is 7.83. The number of rotatable bonds is 11. The van der Waals surface area contributed by atoms with Crippen LogP contribution >= 0.6 is 23.2 Å². The summed E-state index contributed by atoms with van der Waals surface area (Å²) in [7, 11) is 1.58. The molecule has 1 N–H and O–H groups in total. The van der Waals surface area contributed by atoms with Gasteiger partial charge in [0.1, 0.15) is 5.75 Å². The molecule has 156 valence electrons. The van der Waals surface area contributed by atoms with E-state index in [-0.39, 0.29) is 6.61 Å². The first kappa shape index (κ1) is 22.8. The minimum Gasteiger partial charge on any atom is -0.493 e. The average molecular weight is 439 g/mol. The zero-order valence-electron chi connectivity index (χ0n) is 16.4. The van der Waals surface area contributed by atoms with Gasteiger partial charge in [0.15, 0.2) is 18.1 Å². The van der Waals surface area contributed by atoms with E-state index in [2.05, 4.69) is 17.5 Å². The van der Waals surface area contributed by atoms with Crippen molar-refractivity contribution in [2.24, 2.45) is 5.10 Å². The van der Waals surface area contributed by atoms with E-state index in [0.29, 0.717) is 33.9 Å². The van der Waals surface area contributed by atoms with Gasteiger partial charge in [-0.25, -0.2) is 5.43 Å². The molecule has 8 heteroatoms. The van der Waals surface area contributed by atoms with E-state index in [4.69, 9.17) is 37.4 Å². The minimum atomic E-state index is -0.421. The van der Waals surface area contributed by atoms with Gasteiger partial charge < -0.3 is 14.2 Å². The summed E-state index contributed by atoms with van der Waals surface area (Å²) < 4.78 is 16.5. The van der Waals surface area contributed by atoms with Crippen molar-refractivity contribution in [3.8, 4) is 17.2 Å². The van der Waals surface area contributed by atoms with Crippen LogP contribution < -0.4 is 19.6 Å². The Morgan fingerprint density at radius 1 is 1.07 bits per heavy atom. The Balaban J connectivity index is 1.84. The van der Waals surface area contributed by atoms with E-state index in [0.717, 1.165) is 24.8 Å². The summed E-state index contributed by atoms with van der Waals surface area (Å²) in [4.78, 5) is 11.9. The zero-order chi connectivity index (χ0) is 21.1. The number of carbonyl (C=O) groups is 1. The number of unbranched alkanes of at least 4 members (excludes halogenated alkanes) is 2. The highest BCUT2D eigenvalue weighted by atomic mass is 35.5. The highest BCUT2D eigenvalue weighted by molar-refractivity contribution is 6.35. The number of amides is 1. The van der Waals surface area contributed by atoms with Gasteiger partial charge in [-0.1, -0.05) is 43.0 Å². The highest BCUT2D eigenvalue weighted by Crippen LogP contribution is 2.28. The van der Waals surface area contributed by atoms with Gasteiger partial charge in [0.05, 0.1) is 25.0 Å². The van der Waals surface area contributed by atoms with Gasteiger partial charge in [0.25, 0.3) is 5.91 Å². The Morgan fingerprint density at radius 2 is 1.86 bits per heavy atom. The second kappa shape index (κ2) is 12.2. The summed E-state index contributed by atoms with van der Waals surface area (Å²) in [6, 6.07) is 10.2. The molecule has 6 nitrogen and oxygen atoms in total. The van der Waals surface area contributed by atoms with Crippen LogP contribution in [0.1, 0.15) is 31.7 Å². The summed E-state index contributed by atoms with van der Waals surface area (Å²) in [5, 5.41) is 4.75. The molecule has 0 atom stereocenters. The first-order chi connectivity index (χ1) is 14.0. The van der Waals surface area contributed by atoms with Gasteiger partial charge in [0, 0.05) is 5.02 Å². The Bertz CT molecular complexity index is 843. The lowest BCUT2D eigenvalue weighted by Gasteiger charge is -2.11. The van der Waals surface area contributed by atoms with Crippen LogP contribution in [0.5, 0.6) is 17.2 Å². The number of nitrogens with one attached hydrogen (secondary N) is 1. The highest BCUT2D eigenvalue weighted by Gasteiger charge is 2.07. The predicted molar refractivity (Wildman–Crippen MR) is 116 cm³/mol. The van der Waals surface area contributed by atoms with Gasteiger partial charge in [-0.15, -0.1) is 0 Å². The third-order valence-corrected chi connectivity index (χ3v) is 4.38. The molecule has 2 aromatic rings. The molecule has 0 aliphatic rings. The molecule has 0 aromatic heterocycles. The summed E-state index contributed by atoms with van der Waals surface area (Å²) >= 11 is 11.8. The average Bonchev–Trinajstić information content (AvgIpc) is 2.71. The fourth-order valence-corrected chi connectivity index (χ4v) is 2.83. The molecule has 0 saturated carbocycles. The Labute approximate surface area is 180 Å². The lowest BCUT2D eigenvalue weighted by atomic mass is 10.2. The Morgan fingerprint density at radius 3 is 2.59 bits per heavy atom. The van der Waals surface area contributed by atoms with Crippen molar-refractivity contribution in [3.05, 3.63) is 52.0 Å². The van der Waals surface area contributed by atoms with Crippen LogP contribution in [0.15, 0.2) is 41.5 Å². The maximum atomic E-state index is 11.9. The molecular weight excluding hydrogens is 415 g/mol. The first-order valence-electron chi connectivity index (χ1n) is 9.24. The predicted octanol–water partition coefficient (Wildman–Crippen LogP) is 5.10. The van der Waals surface area contributed by atoms with Crippen LogP contribution in [0, 0.1) is 0 Å². The number of halogens is 2. The van der Waals surface area contributed by atoms with E-state index < -0.39 is 5.91 Å². The quantitative estimate of drug-likeness (QED) is 0.301. The van der Waals surface area contributed by atoms with Crippen LogP contribution in [0.25, 0.3) is 0 Å². The lowest BCUT2D eigenvalue weighted by Crippen LogP contribution is -2.24. The molecule has 29 heavy (non-hydrogen) atoms. The van der Waals surface area contributed by atoms with Crippen molar-refractivity contribution in [1.29, 1.82) is 0 Å². The summed E-state index contributed by atoms with van der Waals surface area (Å²) in [6.45, 7) is 2.56. The van der Waals surface area contributed by atoms with Crippen molar-refractivity contribution in [3.63, 3.8) is 0 Å². The summed E-state index contributed by atoms with van der Waals surface area (Å²) in [6.07, 6.45) is 4.77. The smallest absolute Gasteiger partial charge is 0.277 e. The lowest BCUT2D eigenvalue weighted by molar-refractivity contribution is -0.123. The first-order valence-corrected chi connectivity index (χ1v) is 9.99. The molecule has 0 fully saturated rings. The molecule has 0 saturated heterocycles. The largest absolute Gasteiger partial charge is 0.493 e. The molecule has 0 aliphatic carbocycles. The van der Waals surface area contributed by atoms with Crippen molar-refractivity contribution < 1.29 is 19.0 Å². The summed E-state index contributed by atoms with van der Waals surface area (Å²) in [5.74, 6) is 1.24. The number of hydrogen-bond donors (Lipinski definition) is 1. The van der Waals surface area contributed by atoms with Crippen molar-refractivity contribution >= 4 is 35.3 Å². The van der Waals surface area contributed by atoms with E-state index in [9.17, 15) is 4.79 Å². The molecule has 1 amide bonds.